The Bertz CT molecular complexity index is 700. The third-order valence-electron chi connectivity index (χ3n) is 4.73. The van der Waals surface area contributed by atoms with Crippen LogP contribution in [0.4, 0.5) is 4.39 Å². The van der Waals surface area contributed by atoms with E-state index in [9.17, 15) is 9.50 Å². The van der Waals surface area contributed by atoms with Crippen molar-refractivity contribution in [1.29, 1.82) is 0 Å². The van der Waals surface area contributed by atoms with Gasteiger partial charge in [-0.1, -0.05) is 26.0 Å². The summed E-state index contributed by atoms with van der Waals surface area (Å²) in [5.74, 6) is -0.306. The van der Waals surface area contributed by atoms with Gasteiger partial charge in [0.15, 0.2) is 11.6 Å². The van der Waals surface area contributed by atoms with Crippen molar-refractivity contribution in [2.24, 2.45) is 5.41 Å². The number of hydrogen-bond acceptors (Lipinski definition) is 3. The Morgan fingerprint density at radius 2 is 2.05 bits per heavy atom. The standard InChI is InChI=1S/C18H20FNO2/c1-17(2)10-12-7-8-14(19)16(22-3)15(12)18(17,21)11-13-6-4-5-9-20-13/h4-9,21H,10-11H2,1-3H3. The molecule has 0 saturated heterocycles. The van der Waals surface area contributed by atoms with Crippen LogP contribution < -0.4 is 4.74 Å². The Morgan fingerprint density at radius 3 is 2.68 bits per heavy atom. The van der Waals surface area contributed by atoms with Crippen LogP contribution in [-0.4, -0.2) is 17.2 Å². The maximum Gasteiger partial charge on any atom is 0.165 e. The Labute approximate surface area is 129 Å². The Hall–Kier alpha value is -1.94. The summed E-state index contributed by atoms with van der Waals surface area (Å²) in [6, 6.07) is 8.74. The SMILES string of the molecule is COc1c(F)ccc2c1C(O)(Cc1ccccn1)C(C)(C)C2. The van der Waals surface area contributed by atoms with Crippen LogP contribution in [0.15, 0.2) is 36.5 Å². The lowest BCUT2D eigenvalue weighted by Gasteiger charge is -2.38. The van der Waals surface area contributed by atoms with Gasteiger partial charge in [-0.3, -0.25) is 4.98 Å². The molecule has 0 saturated carbocycles. The van der Waals surface area contributed by atoms with Crippen LogP contribution in [0.5, 0.6) is 5.75 Å². The topological polar surface area (TPSA) is 42.4 Å². The first-order valence-electron chi connectivity index (χ1n) is 7.37. The van der Waals surface area contributed by atoms with Crippen LogP contribution >= 0.6 is 0 Å². The average molecular weight is 301 g/mol. The second-order valence-electron chi connectivity index (χ2n) is 6.53. The molecule has 1 heterocycles. The lowest BCUT2D eigenvalue weighted by Crippen LogP contribution is -2.41. The van der Waals surface area contributed by atoms with Crippen molar-refractivity contribution >= 4 is 0 Å². The minimum atomic E-state index is -1.22. The van der Waals surface area contributed by atoms with E-state index in [1.54, 1.807) is 12.3 Å². The Morgan fingerprint density at radius 1 is 1.27 bits per heavy atom. The van der Waals surface area contributed by atoms with Crippen molar-refractivity contribution < 1.29 is 14.2 Å². The maximum absolute atomic E-state index is 14.1. The molecule has 0 aliphatic heterocycles. The fourth-order valence-corrected chi connectivity index (χ4v) is 3.45. The van der Waals surface area contributed by atoms with Gasteiger partial charge < -0.3 is 9.84 Å². The number of nitrogens with zero attached hydrogens (tertiary/aromatic N) is 1. The van der Waals surface area contributed by atoms with Crippen LogP contribution in [0, 0.1) is 11.2 Å². The van der Waals surface area contributed by atoms with Gasteiger partial charge in [-0.25, -0.2) is 4.39 Å². The number of halogens is 1. The normalized spacial score (nSPS) is 22.4. The van der Waals surface area contributed by atoms with Crippen molar-refractivity contribution in [2.75, 3.05) is 7.11 Å². The minimum Gasteiger partial charge on any atom is -0.493 e. The number of benzene rings is 1. The molecule has 0 spiro atoms. The molecule has 1 aliphatic carbocycles. The lowest BCUT2D eigenvalue weighted by atomic mass is 9.72. The van der Waals surface area contributed by atoms with Gasteiger partial charge >= 0.3 is 0 Å². The second-order valence-corrected chi connectivity index (χ2v) is 6.53. The monoisotopic (exact) mass is 301 g/mol. The molecule has 1 unspecified atom stereocenters. The van der Waals surface area contributed by atoms with Crippen LogP contribution in [-0.2, 0) is 18.4 Å². The number of hydrogen-bond donors (Lipinski definition) is 1. The molecule has 1 N–H and O–H groups in total. The number of ether oxygens (including phenoxy) is 1. The molecule has 22 heavy (non-hydrogen) atoms. The van der Waals surface area contributed by atoms with Crippen molar-refractivity contribution in [3.63, 3.8) is 0 Å². The van der Waals surface area contributed by atoms with Crippen molar-refractivity contribution in [2.45, 2.75) is 32.3 Å². The van der Waals surface area contributed by atoms with Gasteiger partial charge in [0.1, 0.15) is 5.60 Å². The summed E-state index contributed by atoms with van der Waals surface area (Å²) in [5.41, 5.74) is 0.613. The average Bonchev–Trinajstić information content (AvgIpc) is 2.68. The van der Waals surface area contributed by atoms with Crippen LogP contribution in [0.3, 0.4) is 0 Å². The number of aliphatic hydroxyl groups is 1. The number of pyridine rings is 1. The van der Waals surface area contributed by atoms with Gasteiger partial charge in [0.25, 0.3) is 0 Å². The summed E-state index contributed by atoms with van der Waals surface area (Å²) in [6.45, 7) is 3.99. The first kappa shape index (κ1) is 15.0. The zero-order valence-corrected chi connectivity index (χ0v) is 13.1. The molecule has 1 aromatic carbocycles. The molecule has 1 atom stereocenters. The first-order chi connectivity index (χ1) is 10.4. The predicted molar refractivity (Wildman–Crippen MR) is 82.3 cm³/mol. The first-order valence-corrected chi connectivity index (χ1v) is 7.37. The zero-order valence-electron chi connectivity index (χ0n) is 13.1. The molecule has 2 aromatic rings. The summed E-state index contributed by atoms with van der Waals surface area (Å²) < 4.78 is 19.4. The van der Waals surface area contributed by atoms with E-state index in [2.05, 4.69) is 4.98 Å². The van der Waals surface area contributed by atoms with E-state index in [0.29, 0.717) is 18.4 Å². The number of aromatic nitrogens is 1. The lowest BCUT2D eigenvalue weighted by molar-refractivity contribution is -0.0611. The fraction of sp³-hybridized carbons (Fsp3) is 0.389. The van der Waals surface area contributed by atoms with Gasteiger partial charge in [-0.05, 0) is 30.2 Å². The van der Waals surface area contributed by atoms with Crippen molar-refractivity contribution in [1.82, 2.24) is 4.98 Å². The molecular formula is C18H20FNO2. The highest BCUT2D eigenvalue weighted by Gasteiger charge is 2.53. The molecule has 0 fully saturated rings. The molecule has 0 amide bonds. The largest absolute Gasteiger partial charge is 0.493 e. The quantitative estimate of drug-likeness (QED) is 0.946. The van der Waals surface area contributed by atoms with Crippen molar-refractivity contribution in [3.8, 4) is 5.75 Å². The summed E-state index contributed by atoms with van der Waals surface area (Å²) in [7, 11) is 1.44. The van der Waals surface area contributed by atoms with E-state index in [4.69, 9.17) is 4.74 Å². The highest BCUT2D eigenvalue weighted by molar-refractivity contribution is 5.51. The van der Waals surface area contributed by atoms with E-state index in [-0.39, 0.29) is 5.75 Å². The van der Waals surface area contributed by atoms with E-state index in [0.717, 1.165) is 11.3 Å². The molecule has 3 rings (SSSR count). The second kappa shape index (κ2) is 5.06. The molecule has 1 aromatic heterocycles. The number of rotatable bonds is 3. The van der Waals surface area contributed by atoms with Gasteiger partial charge in [0.05, 0.1) is 7.11 Å². The Balaban J connectivity index is 2.17. The fourth-order valence-electron chi connectivity index (χ4n) is 3.45. The molecular weight excluding hydrogens is 281 g/mol. The summed E-state index contributed by atoms with van der Waals surface area (Å²) in [5, 5.41) is 11.5. The molecule has 3 nitrogen and oxygen atoms in total. The van der Waals surface area contributed by atoms with E-state index in [1.807, 2.05) is 32.0 Å². The smallest absolute Gasteiger partial charge is 0.165 e. The summed E-state index contributed by atoms with van der Waals surface area (Å²) in [6.07, 6.45) is 2.69. The summed E-state index contributed by atoms with van der Waals surface area (Å²) in [4.78, 5) is 4.31. The third kappa shape index (κ3) is 2.10. The minimum absolute atomic E-state index is 0.140. The van der Waals surface area contributed by atoms with E-state index in [1.165, 1.54) is 13.2 Å². The molecule has 0 radical (unpaired) electrons. The molecule has 1 aliphatic rings. The van der Waals surface area contributed by atoms with Crippen LogP contribution in [0.25, 0.3) is 0 Å². The molecule has 116 valence electrons. The zero-order chi connectivity index (χ0) is 16.0. The highest BCUT2D eigenvalue weighted by atomic mass is 19.1. The highest BCUT2D eigenvalue weighted by Crippen LogP contribution is 2.54. The molecule has 4 heteroatoms. The number of methoxy groups -OCH3 is 1. The van der Waals surface area contributed by atoms with E-state index < -0.39 is 16.8 Å². The Kier molecular flexibility index (Phi) is 3.44. The third-order valence-corrected chi connectivity index (χ3v) is 4.73. The van der Waals surface area contributed by atoms with Gasteiger partial charge in [-0.15, -0.1) is 0 Å². The van der Waals surface area contributed by atoms with E-state index >= 15 is 0 Å². The molecule has 0 bridgehead atoms. The maximum atomic E-state index is 14.1. The van der Waals surface area contributed by atoms with Crippen LogP contribution in [0.1, 0.15) is 30.7 Å². The van der Waals surface area contributed by atoms with Crippen molar-refractivity contribution in [3.05, 3.63) is 59.2 Å². The van der Waals surface area contributed by atoms with Gasteiger partial charge in [0.2, 0.25) is 0 Å². The summed E-state index contributed by atoms with van der Waals surface area (Å²) >= 11 is 0. The van der Waals surface area contributed by atoms with Gasteiger partial charge in [0, 0.05) is 29.3 Å². The predicted octanol–water partition coefficient (Wildman–Crippen LogP) is 3.24. The van der Waals surface area contributed by atoms with Crippen LogP contribution in [0.2, 0.25) is 0 Å². The van der Waals surface area contributed by atoms with Gasteiger partial charge in [-0.2, -0.15) is 0 Å². The number of fused-ring (bicyclic) bond motifs is 1.